The number of nitrogens with two attached hydrogens (primary N) is 1. The Bertz CT molecular complexity index is 516. The van der Waals surface area contributed by atoms with Gasteiger partial charge in [-0.15, -0.1) is 0 Å². The lowest BCUT2D eigenvalue weighted by molar-refractivity contribution is 0.394. The highest BCUT2D eigenvalue weighted by molar-refractivity contribution is 5.85. The predicted octanol–water partition coefficient (Wildman–Crippen LogP) is 3.22. The summed E-state index contributed by atoms with van der Waals surface area (Å²) < 4.78 is 0. The summed E-state index contributed by atoms with van der Waals surface area (Å²) in [6.45, 7) is 0. The molecule has 0 radical (unpaired) electrons. The molecule has 0 spiro atoms. The van der Waals surface area contributed by atoms with Gasteiger partial charge in [-0.3, -0.25) is 4.98 Å². The summed E-state index contributed by atoms with van der Waals surface area (Å²) in [6.07, 6.45) is 8.76. The molecule has 0 saturated heterocycles. The minimum atomic E-state index is 0.368. The topological polar surface area (TPSA) is 38.9 Å². The molecule has 3 rings (SSSR count). The smallest absolute Gasteiger partial charge is 0.0346 e. The van der Waals surface area contributed by atoms with Gasteiger partial charge in [-0.05, 0) is 36.1 Å². The Morgan fingerprint density at radius 3 is 2.88 bits per heavy atom. The zero-order chi connectivity index (χ0) is 11.7. The van der Waals surface area contributed by atoms with Gasteiger partial charge in [-0.25, -0.2) is 0 Å². The van der Waals surface area contributed by atoms with Crippen molar-refractivity contribution in [2.75, 3.05) is 0 Å². The van der Waals surface area contributed by atoms with E-state index < -0.39 is 0 Å². The Balaban J connectivity index is 2.04. The Morgan fingerprint density at radius 1 is 1.12 bits per heavy atom. The molecule has 0 amide bonds. The summed E-state index contributed by atoms with van der Waals surface area (Å²) in [4.78, 5) is 4.37. The van der Waals surface area contributed by atoms with Gasteiger partial charge in [0.15, 0.2) is 0 Å². The quantitative estimate of drug-likeness (QED) is 0.811. The Morgan fingerprint density at radius 2 is 2.00 bits per heavy atom. The molecule has 88 valence electrons. The van der Waals surface area contributed by atoms with Crippen LogP contribution in [0.25, 0.3) is 10.8 Å². The normalized spacial score (nSPS) is 25.0. The van der Waals surface area contributed by atoms with E-state index in [1.165, 1.54) is 35.6 Å². The molecule has 2 N–H and O–H groups in total. The van der Waals surface area contributed by atoms with Gasteiger partial charge in [0, 0.05) is 23.8 Å². The zero-order valence-electron chi connectivity index (χ0n) is 9.97. The SMILES string of the molecule is NC1CCCC(c2cncc3ccccc23)C1. The van der Waals surface area contributed by atoms with Crippen LogP contribution in [0.5, 0.6) is 0 Å². The highest BCUT2D eigenvalue weighted by atomic mass is 14.7. The first-order chi connectivity index (χ1) is 8.34. The third-order valence-corrected chi connectivity index (χ3v) is 3.85. The average molecular weight is 226 g/mol. The third-order valence-electron chi connectivity index (χ3n) is 3.85. The van der Waals surface area contributed by atoms with Crippen molar-refractivity contribution in [2.45, 2.75) is 37.6 Å². The third kappa shape index (κ3) is 2.05. The van der Waals surface area contributed by atoms with Crippen LogP contribution in [0, 0.1) is 0 Å². The van der Waals surface area contributed by atoms with E-state index in [1.807, 2.05) is 12.4 Å². The second kappa shape index (κ2) is 4.46. The number of pyridine rings is 1. The molecule has 2 heteroatoms. The van der Waals surface area contributed by atoms with Gasteiger partial charge >= 0.3 is 0 Å². The molecule has 0 bridgehead atoms. The zero-order valence-corrected chi connectivity index (χ0v) is 9.97. The van der Waals surface area contributed by atoms with E-state index in [0.29, 0.717) is 12.0 Å². The number of hydrogen-bond acceptors (Lipinski definition) is 2. The lowest BCUT2D eigenvalue weighted by Gasteiger charge is -2.27. The van der Waals surface area contributed by atoms with E-state index in [0.717, 1.165) is 6.42 Å². The molecule has 1 aromatic carbocycles. The molecule has 17 heavy (non-hydrogen) atoms. The Hall–Kier alpha value is -1.41. The summed E-state index contributed by atoms with van der Waals surface area (Å²) in [7, 11) is 0. The maximum atomic E-state index is 6.09. The monoisotopic (exact) mass is 226 g/mol. The van der Waals surface area contributed by atoms with Crippen molar-refractivity contribution in [3.8, 4) is 0 Å². The highest BCUT2D eigenvalue weighted by Crippen LogP contribution is 2.35. The van der Waals surface area contributed by atoms with Gasteiger partial charge in [-0.2, -0.15) is 0 Å². The number of benzene rings is 1. The standard InChI is InChI=1S/C15H18N2/c16-13-6-3-5-11(8-13)15-10-17-9-12-4-1-2-7-14(12)15/h1-2,4,7,9-11,13H,3,5-6,8,16H2. The second-order valence-corrected chi connectivity index (χ2v) is 5.07. The van der Waals surface area contributed by atoms with Crippen molar-refractivity contribution in [3.63, 3.8) is 0 Å². The summed E-state index contributed by atoms with van der Waals surface area (Å²) in [5, 5.41) is 2.59. The van der Waals surface area contributed by atoms with Crippen LogP contribution < -0.4 is 5.73 Å². The Labute approximate surface area is 102 Å². The van der Waals surface area contributed by atoms with Crippen LogP contribution in [-0.4, -0.2) is 11.0 Å². The van der Waals surface area contributed by atoms with Crippen LogP contribution in [0.1, 0.15) is 37.2 Å². The van der Waals surface area contributed by atoms with Crippen LogP contribution in [0.2, 0.25) is 0 Å². The molecule has 1 aliphatic carbocycles. The van der Waals surface area contributed by atoms with Crippen molar-refractivity contribution in [3.05, 3.63) is 42.2 Å². The first-order valence-electron chi connectivity index (χ1n) is 6.43. The van der Waals surface area contributed by atoms with E-state index >= 15 is 0 Å². The lowest BCUT2D eigenvalue weighted by Crippen LogP contribution is -2.26. The molecule has 0 aliphatic heterocycles. The maximum Gasteiger partial charge on any atom is 0.0346 e. The molecule has 1 heterocycles. The summed E-state index contributed by atoms with van der Waals surface area (Å²) in [5.41, 5.74) is 7.47. The molecule has 1 fully saturated rings. The molecule has 2 unspecified atom stereocenters. The number of rotatable bonds is 1. The molecule has 2 atom stereocenters. The van der Waals surface area contributed by atoms with E-state index in [4.69, 9.17) is 5.73 Å². The van der Waals surface area contributed by atoms with Gasteiger partial charge in [0.05, 0.1) is 0 Å². The van der Waals surface area contributed by atoms with Crippen LogP contribution in [-0.2, 0) is 0 Å². The molecule has 1 aromatic heterocycles. The van der Waals surface area contributed by atoms with Gasteiger partial charge in [-0.1, -0.05) is 30.7 Å². The number of hydrogen-bond donors (Lipinski definition) is 1. The molecular weight excluding hydrogens is 208 g/mol. The molecule has 2 nitrogen and oxygen atoms in total. The van der Waals surface area contributed by atoms with Crippen LogP contribution in [0.4, 0.5) is 0 Å². The van der Waals surface area contributed by atoms with Crippen molar-refractivity contribution >= 4 is 10.8 Å². The molecule has 1 aliphatic rings. The first-order valence-corrected chi connectivity index (χ1v) is 6.43. The lowest BCUT2D eigenvalue weighted by atomic mass is 9.81. The second-order valence-electron chi connectivity index (χ2n) is 5.07. The van der Waals surface area contributed by atoms with Gasteiger partial charge in [0.25, 0.3) is 0 Å². The minimum Gasteiger partial charge on any atom is -0.328 e. The summed E-state index contributed by atoms with van der Waals surface area (Å²) in [6, 6.07) is 8.88. The minimum absolute atomic E-state index is 0.368. The number of fused-ring (bicyclic) bond motifs is 1. The van der Waals surface area contributed by atoms with Crippen molar-refractivity contribution in [1.29, 1.82) is 0 Å². The van der Waals surface area contributed by atoms with Crippen molar-refractivity contribution < 1.29 is 0 Å². The van der Waals surface area contributed by atoms with Crippen LogP contribution in [0.3, 0.4) is 0 Å². The van der Waals surface area contributed by atoms with Gasteiger partial charge in [0.2, 0.25) is 0 Å². The molecule has 2 aromatic rings. The first kappa shape index (κ1) is 10.7. The largest absolute Gasteiger partial charge is 0.328 e. The van der Waals surface area contributed by atoms with E-state index in [9.17, 15) is 0 Å². The predicted molar refractivity (Wildman–Crippen MR) is 70.9 cm³/mol. The van der Waals surface area contributed by atoms with Gasteiger partial charge in [0.1, 0.15) is 0 Å². The fraction of sp³-hybridized carbons (Fsp3) is 0.400. The van der Waals surface area contributed by atoms with Crippen LogP contribution >= 0.6 is 0 Å². The summed E-state index contributed by atoms with van der Waals surface area (Å²) >= 11 is 0. The fourth-order valence-corrected chi connectivity index (χ4v) is 2.98. The number of nitrogens with zero attached hydrogens (tertiary/aromatic N) is 1. The highest BCUT2D eigenvalue weighted by Gasteiger charge is 2.22. The van der Waals surface area contributed by atoms with E-state index in [-0.39, 0.29) is 0 Å². The molecular formula is C15H18N2. The maximum absolute atomic E-state index is 6.09. The average Bonchev–Trinajstić information content (AvgIpc) is 2.38. The van der Waals surface area contributed by atoms with E-state index in [2.05, 4.69) is 29.2 Å². The number of aromatic nitrogens is 1. The van der Waals surface area contributed by atoms with Crippen molar-refractivity contribution in [1.82, 2.24) is 4.98 Å². The van der Waals surface area contributed by atoms with E-state index in [1.54, 1.807) is 0 Å². The van der Waals surface area contributed by atoms with Crippen LogP contribution in [0.15, 0.2) is 36.7 Å². The fourth-order valence-electron chi connectivity index (χ4n) is 2.98. The summed E-state index contributed by atoms with van der Waals surface area (Å²) in [5.74, 6) is 0.595. The van der Waals surface area contributed by atoms with Gasteiger partial charge < -0.3 is 5.73 Å². The molecule has 1 saturated carbocycles. The Kier molecular flexibility index (Phi) is 2.81. The van der Waals surface area contributed by atoms with Crippen molar-refractivity contribution in [2.24, 2.45) is 5.73 Å².